The smallest absolute Gasteiger partial charge is 0.230 e. The van der Waals surface area contributed by atoms with Crippen molar-refractivity contribution in [2.24, 2.45) is 11.8 Å². The Bertz CT molecular complexity index is 656. The average molecular weight is 318 g/mol. The van der Waals surface area contributed by atoms with Crippen molar-refractivity contribution in [1.29, 1.82) is 0 Å². The van der Waals surface area contributed by atoms with Gasteiger partial charge in [0.25, 0.3) is 0 Å². The van der Waals surface area contributed by atoms with E-state index in [2.05, 4.69) is 29.4 Å². The van der Waals surface area contributed by atoms with Crippen molar-refractivity contribution in [1.82, 2.24) is 19.9 Å². The molecule has 0 unspecified atom stereocenters. The van der Waals surface area contributed by atoms with E-state index in [0.29, 0.717) is 23.6 Å². The van der Waals surface area contributed by atoms with Gasteiger partial charge in [-0.1, -0.05) is 44.5 Å². The van der Waals surface area contributed by atoms with Crippen LogP contribution in [-0.4, -0.2) is 32.3 Å². The number of hydrogen-bond donors (Lipinski definition) is 1. The van der Waals surface area contributed by atoms with Crippen LogP contribution in [0, 0.1) is 11.8 Å². The van der Waals surface area contributed by atoms with Crippen LogP contribution in [0.1, 0.15) is 33.1 Å². The third kappa shape index (κ3) is 3.27. The summed E-state index contributed by atoms with van der Waals surface area (Å²) in [6, 6.07) is 6.08. The van der Waals surface area contributed by atoms with Gasteiger partial charge in [-0.25, -0.2) is 0 Å². The summed E-state index contributed by atoms with van der Waals surface area (Å²) in [6.07, 6.45) is 5.49. The van der Waals surface area contributed by atoms with Crippen LogP contribution in [0.25, 0.3) is 5.65 Å². The number of amides is 1. The molecule has 1 aliphatic carbocycles. The van der Waals surface area contributed by atoms with Gasteiger partial charge >= 0.3 is 0 Å². The third-order valence-electron chi connectivity index (χ3n) is 4.67. The molecule has 22 heavy (non-hydrogen) atoms. The number of nitrogens with one attached hydrogen (secondary N) is 1. The van der Waals surface area contributed by atoms with Crippen LogP contribution in [0.2, 0.25) is 0 Å². The van der Waals surface area contributed by atoms with Gasteiger partial charge in [0, 0.05) is 12.2 Å². The highest BCUT2D eigenvalue weighted by Crippen LogP contribution is 2.29. The fourth-order valence-electron chi connectivity index (χ4n) is 3.08. The zero-order valence-electron chi connectivity index (χ0n) is 13.0. The Morgan fingerprint density at radius 3 is 3.09 bits per heavy atom. The highest BCUT2D eigenvalue weighted by Gasteiger charge is 2.28. The second-order valence-electron chi connectivity index (χ2n) is 6.14. The Kier molecular flexibility index (Phi) is 4.66. The molecule has 2 aromatic rings. The van der Waals surface area contributed by atoms with Gasteiger partial charge in [0.1, 0.15) is 0 Å². The molecule has 1 saturated carbocycles. The largest absolute Gasteiger partial charge is 0.352 e. The first-order chi connectivity index (χ1) is 10.6. The van der Waals surface area contributed by atoms with E-state index in [9.17, 15) is 4.79 Å². The van der Waals surface area contributed by atoms with Crippen molar-refractivity contribution in [3.63, 3.8) is 0 Å². The van der Waals surface area contributed by atoms with Gasteiger partial charge in [-0.3, -0.25) is 9.20 Å². The highest BCUT2D eigenvalue weighted by atomic mass is 32.2. The second kappa shape index (κ2) is 6.69. The number of carbonyl (C=O) groups excluding carboxylic acids is 1. The molecule has 2 aromatic heterocycles. The van der Waals surface area contributed by atoms with Crippen molar-refractivity contribution >= 4 is 23.3 Å². The summed E-state index contributed by atoms with van der Waals surface area (Å²) in [6.45, 7) is 4.52. The Balaban J connectivity index is 1.56. The molecule has 0 saturated heterocycles. The number of thioether (sulfide) groups is 1. The van der Waals surface area contributed by atoms with Crippen molar-refractivity contribution in [3.05, 3.63) is 24.4 Å². The second-order valence-corrected chi connectivity index (χ2v) is 7.08. The van der Waals surface area contributed by atoms with E-state index < -0.39 is 0 Å². The number of pyridine rings is 1. The number of fused-ring (bicyclic) bond motifs is 1. The summed E-state index contributed by atoms with van der Waals surface area (Å²) in [7, 11) is 0. The van der Waals surface area contributed by atoms with Crippen LogP contribution in [-0.2, 0) is 4.79 Å². The van der Waals surface area contributed by atoms with Crippen LogP contribution in [0.5, 0.6) is 0 Å². The Labute approximate surface area is 134 Å². The SMILES string of the molecule is C[C@H]1[C@H](C)CCC[C@@H]1NC(=O)CSc1nnc2ccccn12. The summed E-state index contributed by atoms with van der Waals surface area (Å²) >= 11 is 1.43. The zero-order chi connectivity index (χ0) is 15.5. The lowest BCUT2D eigenvalue weighted by Gasteiger charge is -2.34. The fraction of sp³-hybridized carbons (Fsp3) is 0.562. The first-order valence-corrected chi connectivity index (χ1v) is 8.85. The van der Waals surface area contributed by atoms with Crippen LogP contribution in [0.4, 0.5) is 0 Å². The van der Waals surface area contributed by atoms with E-state index in [4.69, 9.17) is 0 Å². The van der Waals surface area contributed by atoms with Crippen molar-refractivity contribution in [2.75, 3.05) is 5.75 Å². The molecule has 1 fully saturated rings. The summed E-state index contributed by atoms with van der Waals surface area (Å²) in [4.78, 5) is 12.2. The van der Waals surface area contributed by atoms with E-state index in [1.165, 1.54) is 24.6 Å². The number of carbonyl (C=O) groups is 1. The van der Waals surface area contributed by atoms with Gasteiger partial charge in [0.2, 0.25) is 5.91 Å². The predicted molar refractivity (Wildman–Crippen MR) is 87.8 cm³/mol. The Morgan fingerprint density at radius 1 is 1.36 bits per heavy atom. The lowest BCUT2D eigenvalue weighted by molar-refractivity contribution is -0.120. The minimum atomic E-state index is 0.0867. The number of rotatable bonds is 4. The molecule has 0 spiro atoms. The maximum Gasteiger partial charge on any atom is 0.230 e. The molecular formula is C16H22N4OS. The number of nitrogens with zero attached hydrogens (tertiary/aromatic N) is 3. The molecule has 1 aliphatic rings. The Morgan fingerprint density at radius 2 is 2.23 bits per heavy atom. The van der Waals surface area contributed by atoms with Crippen LogP contribution >= 0.6 is 11.8 Å². The summed E-state index contributed by atoms with van der Waals surface area (Å²) in [5.74, 6) is 1.71. The average Bonchev–Trinajstić information content (AvgIpc) is 2.93. The van der Waals surface area contributed by atoms with Gasteiger partial charge in [-0.05, 0) is 30.4 Å². The van der Waals surface area contributed by atoms with Gasteiger partial charge < -0.3 is 5.32 Å². The van der Waals surface area contributed by atoms with Crippen molar-refractivity contribution < 1.29 is 4.79 Å². The molecule has 2 heterocycles. The van der Waals surface area contributed by atoms with Crippen molar-refractivity contribution in [2.45, 2.75) is 44.3 Å². The first kappa shape index (κ1) is 15.3. The minimum absolute atomic E-state index is 0.0867. The molecule has 0 aliphatic heterocycles. The highest BCUT2D eigenvalue weighted by molar-refractivity contribution is 7.99. The van der Waals surface area contributed by atoms with Crippen LogP contribution in [0.3, 0.4) is 0 Å². The van der Waals surface area contributed by atoms with E-state index in [0.717, 1.165) is 17.2 Å². The zero-order valence-corrected chi connectivity index (χ0v) is 13.8. The quantitative estimate of drug-likeness (QED) is 0.881. The summed E-state index contributed by atoms with van der Waals surface area (Å²) in [5, 5.41) is 12.2. The molecule has 118 valence electrons. The fourth-order valence-corrected chi connectivity index (χ4v) is 3.82. The standard InChI is InChI=1S/C16H22N4OS/c1-11-6-5-7-13(12(11)2)17-15(21)10-22-16-19-18-14-8-3-4-9-20(14)16/h3-4,8-9,11-13H,5-7,10H2,1-2H3,(H,17,21)/t11-,12+,13+/m1/s1. The summed E-state index contributed by atoms with van der Waals surface area (Å²) in [5.41, 5.74) is 0.806. The molecule has 1 N–H and O–H groups in total. The van der Waals surface area contributed by atoms with Crippen LogP contribution in [0.15, 0.2) is 29.6 Å². The number of aromatic nitrogens is 3. The van der Waals surface area contributed by atoms with E-state index in [-0.39, 0.29) is 5.91 Å². The molecule has 6 heteroatoms. The number of hydrogen-bond acceptors (Lipinski definition) is 4. The molecular weight excluding hydrogens is 296 g/mol. The maximum atomic E-state index is 12.2. The Hall–Kier alpha value is -1.56. The molecule has 1 amide bonds. The molecule has 3 atom stereocenters. The third-order valence-corrected chi connectivity index (χ3v) is 5.61. The topological polar surface area (TPSA) is 59.3 Å². The predicted octanol–water partition coefficient (Wildman–Crippen LogP) is 2.76. The molecule has 0 aromatic carbocycles. The van der Waals surface area contributed by atoms with Gasteiger partial charge in [0.15, 0.2) is 10.8 Å². The van der Waals surface area contributed by atoms with E-state index in [1.54, 1.807) is 0 Å². The maximum absolute atomic E-state index is 12.2. The monoisotopic (exact) mass is 318 g/mol. The molecule has 3 rings (SSSR count). The first-order valence-electron chi connectivity index (χ1n) is 7.87. The molecule has 0 bridgehead atoms. The van der Waals surface area contributed by atoms with Gasteiger partial charge in [0.05, 0.1) is 5.75 Å². The molecule has 0 radical (unpaired) electrons. The van der Waals surface area contributed by atoms with Crippen molar-refractivity contribution in [3.8, 4) is 0 Å². The molecule has 5 nitrogen and oxygen atoms in total. The van der Waals surface area contributed by atoms with Crippen LogP contribution < -0.4 is 5.32 Å². The normalized spacial score (nSPS) is 25.3. The van der Waals surface area contributed by atoms with E-state index >= 15 is 0 Å². The van der Waals surface area contributed by atoms with E-state index in [1.807, 2.05) is 28.8 Å². The lowest BCUT2D eigenvalue weighted by Crippen LogP contribution is -2.44. The van der Waals surface area contributed by atoms with Gasteiger partial charge in [-0.2, -0.15) is 0 Å². The van der Waals surface area contributed by atoms with Gasteiger partial charge in [-0.15, -0.1) is 10.2 Å². The minimum Gasteiger partial charge on any atom is -0.352 e. The lowest BCUT2D eigenvalue weighted by atomic mass is 9.78. The summed E-state index contributed by atoms with van der Waals surface area (Å²) < 4.78 is 1.91.